The summed E-state index contributed by atoms with van der Waals surface area (Å²) in [6.07, 6.45) is 0. The first-order chi connectivity index (χ1) is 11.1. The van der Waals surface area contributed by atoms with Crippen molar-refractivity contribution < 1.29 is 9.47 Å². The average Bonchev–Trinajstić information content (AvgIpc) is 2.53. The maximum Gasteiger partial charge on any atom is 0.223 e. The van der Waals surface area contributed by atoms with Gasteiger partial charge in [0.2, 0.25) is 5.96 Å². The maximum absolute atomic E-state index is 5.71. The Morgan fingerprint density at radius 2 is 1.70 bits per heavy atom. The van der Waals surface area contributed by atoms with Crippen LogP contribution in [0.3, 0.4) is 0 Å². The maximum atomic E-state index is 5.71. The van der Waals surface area contributed by atoms with Crippen LogP contribution in [0.25, 0.3) is 0 Å². The fourth-order valence-electron chi connectivity index (χ4n) is 1.84. The Kier molecular flexibility index (Phi) is 5.40. The molecule has 0 atom stereocenters. The molecule has 0 bridgehead atoms. The molecule has 0 saturated heterocycles. The zero-order valence-electron chi connectivity index (χ0n) is 12.8. The summed E-state index contributed by atoms with van der Waals surface area (Å²) in [4.78, 5) is 7.78. The third kappa shape index (κ3) is 5.24. The summed E-state index contributed by atoms with van der Waals surface area (Å²) in [6, 6.07) is 14.8. The van der Waals surface area contributed by atoms with Crippen LogP contribution < -0.4 is 26.7 Å². The van der Waals surface area contributed by atoms with Gasteiger partial charge in [-0.2, -0.15) is 4.99 Å². The minimum Gasteiger partial charge on any atom is -0.497 e. The zero-order chi connectivity index (χ0) is 16.7. The Morgan fingerprint density at radius 3 is 2.35 bits per heavy atom. The van der Waals surface area contributed by atoms with Crippen LogP contribution in [0.2, 0.25) is 0 Å². The van der Waals surface area contributed by atoms with E-state index in [9.17, 15) is 0 Å². The van der Waals surface area contributed by atoms with Crippen molar-refractivity contribution in [1.82, 2.24) is 0 Å². The fourth-order valence-corrected chi connectivity index (χ4v) is 1.84. The van der Waals surface area contributed by atoms with Crippen molar-refractivity contribution in [1.29, 1.82) is 0 Å². The van der Waals surface area contributed by atoms with Gasteiger partial charge in [0.25, 0.3) is 0 Å². The molecule has 0 aliphatic heterocycles. The minimum absolute atomic E-state index is 0.00165. The normalized spacial score (nSPS) is 10.9. The SMILES string of the molecule is COc1ccc(OCc2cccc(N=C(N)N=C(N)N)c2)cc1. The number of nitrogens with two attached hydrogens (primary N) is 3. The van der Waals surface area contributed by atoms with Crippen molar-refractivity contribution >= 4 is 17.6 Å². The highest BCUT2D eigenvalue weighted by atomic mass is 16.5. The molecule has 23 heavy (non-hydrogen) atoms. The van der Waals surface area contributed by atoms with E-state index in [2.05, 4.69) is 9.98 Å². The van der Waals surface area contributed by atoms with Crippen molar-refractivity contribution in [2.45, 2.75) is 6.61 Å². The van der Waals surface area contributed by atoms with Gasteiger partial charge in [0, 0.05) is 0 Å². The third-order valence-electron chi connectivity index (χ3n) is 2.86. The Morgan fingerprint density at radius 1 is 1.00 bits per heavy atom. The number of rotatable bonds is 5. The van der Waals surface area contributed by atoms with Crippen molar-refractivity contribution in [2.24, 2.45) is 27.2 Å². The fraction of sp³-hybridized carbons (Fsp3) is 0.125. The smallest absolute Gasteiger partial charge is 0.223 e. The summed E-state index contributed by atoms with van der Waals surface area (Å²) >= 11 is 0. The second-order valence-corrected chi connectivity index (χ2v) is 4.64. The Labute approximate surface area is 134 Å². The predicted molar refractivity (Wildman–Crippen MR) is 90.9 cm³/mol. The number of nitrogens with zero attached hydrogens (tertiary/aromatic N) is 2. The highest BCUT2D eigenvalue weighted by molar-refractivity contribution is 5.93. The highest BCUT2D eigenvalue weighted by Crippen LogP contribution is 2.19. The third-order valence-corrected chi connectivity index (χ3v) is 2.86. The molecule has 7 heteroatoms. The second-order valence-electron chi connectivity index (χ2n) is 4.64. The molecule has 0 aromatic heterocycles. The average molecular weight is 313 g/mol. The summed E-state index contributed by atoms with van der Waals surface area (Å²) in [7, 11) is 1.62. The Hall–Kier alpha value is -3.22. The molecular weight excluding hydrogens is 294 g/mol. The van der Waals surface area contributed by atoms with E-state index in [1.165, 1.54) is 0 Å². The summed E-state index contributed by atoms with van der Waals surface area (Å²) in [6.45, 7) is 0.401. The van der Waals surface area contributed by atoms with Crippen LogP contribution in [0.4, 0.5) is 5.69 Å². The topological polar surface area (TPSA) is 121 Å². The van der Waals surface area contributed by atoms with Gasteiger partial charge in [-0.15, -0.1) is 0 Å². The van der Waals surface area contributed by atoms with E-state index in [4.69, 9.17) is 26.7 Å². The van der Waals surface area contributed by atoms with Crippen LogP contribution in [-0.2, 0) is 6.61 Å². The first-order valence-electron chi connectivity index (χ1n) is 6.86. The molecule has 2 aromatic carbocycles. The summed E-state index contributed by atoms with van der Waals surface area (Å²) < 4.78 is 10.8. The van der Waals surface area contributed by atoms with Gasteiger partial charge in [-0.3, -0.25) is 0 Å². The molecule has 0 fully saturated rings. The quantitative estimate of drug-likeness (QED) is 0.570. The summed E-state index contributed by atoms with van der Waals surface area (Å²) in [5.74, 6) is 1.40. The van der Waals surface area contributed by atoms with Crippen molar-refractivity contribution in [3.8, 4) is 11.5 Å². The molecule has 7 nitrogen and oxygen atoms in total. The number of ether oxygens (including phenoxy) is 2. The van der Waals surface area contributed by atoms with E-state index in [1.54, 1.807) is 13.2 Å². The zero-order valence-corrected chi connectivity index (χ0v) is 12.8. The molecule has 2 aromatic rings. The number of methoxy groups -OCH3 is 1. The van der Waals surface area contributed by atoms with Gasteiger partial charge in [-0.25, -0.2) is 4.99 Å². The predicted octanol–water partition coefficient (Wildman–Crippen LogP) is 1.49. The van der Waals surface area contributed by atoms with Crippen LogP contribution in [0, 0.1) is 0 Å². The first-order valence-corrected chi connectivity index (χ1v) is 6.86. The number of hydrogen-bond donors (Lipinski definition) is 3. The van der Waals surface area contributed by atoms with Crippen molar-refractivity contribution in [2.75, 3.05) is 7.11 Å². The van der Waals surface area contributed by atoms with Gasteiger partial charge in [-0.05, 0) is 42.0 Å². The minimum atomic E-state index is -0.134. The Bertz CT molecular complexity index is 707. The van der Waals surface area contributed by atoms with E-state index < -0.39 is 0 Å². The van der Waals surface area contributed by atoms with Gasteiger partial charge >= 0.3 is 0 Å². The van der Waals surface area contributed by atoms with Crippen molar-refractivity contribution in [3.05, 3.63) is 54.1 Å². The molecular formula is C16H19N5O2. The van der Waals surface area contributed by atoms with Crippen molar-refractivity contribution in [3.63, 3.8) is 0 Å². The lowest BCUT2D eigenvalue weighted by Gasteiger charge is -2.07. The lowest BCUT2D eigenvalue weighted by Crippen LogP contribution is -2.26. The number of aliphatic imine (C=N–C) groups is 2. The summed E-state index contributed by atoms with van der Waals surface area (Å²) in [5, 5.41) is 0. The Balaban J connectivity index is 2.03. The van der Waals surface area contributed by atoms with E-state index >= 15 is 0 Å². The summed E-state index contributed by atoms with van der Waals surface area (Å²) in [5.41, 5.74) is 17.7. The standard InChI is InChI=1S/C16H19N5O2/c1-22-13-5-7-14(8-6-13)23-10-11-3-2-4-12(9-11)20-16(19)21-15(17)18/h2-9H,10H2,1H3,(H6,17,18,19,20,21). The molecule has 0 heterocycles. The number of hydrogen-bond acceptors (Lipinski definition) is 3. The van der Waals surface area contributed by atoms with E-state index in [-0.39, 0.29) is 11.9 Å². The molecule has 0 amide bonds. The van der Waals surface area contributed by atoms with Crippen LogP contribution in [0.1, 0.15) is 5.56 Å². The molecule has 0 unspecified atom stereocenters. The highest BCUT2D eigenvalue weighted by Gasteiger charge is 1.99. The monoisotopic (exact) mass is 313 g/mol. The van der Waals surface area contributed by atoms with Gasteiger partial charge in [0.05, 0.1) is 12.8 Å². The second kappa shape index (κ2) is 7.69. The number of guanidine groups is 2. The lowest BCUT2D eigenvalue weighted by molar-refractivity contribution is 0.305. The number of benzene rings is 2. The van der Waals surface area contributed by atoms with Crippen LogP contribution in [0.15, 0.2) is 58.5 Å². The first kappa shape index (κ1) is 16.2. The molecule has 0 aliphatic carbocycles. The molecule has 0 spiro atoms. The van der Waals surface area contributed by atoms with Gasteiger partial charge < -0.3 is 26.7 Å². The molecule has 120 valence electrons. The molecule has 6 N–H and O–H groups in total. The van der Waals surface area contributed by atoms with Gasteiger partial charge in [-0.1, -0.05) is 12.1 Å². The van der Waals surface area contributed by atoms with Gasteiger partial charge in [0.1, 0.15) is 18.1 Å². The van der Waals surface area contributed by atoms with E-state index in [0.29, 0.717) is 12.3 Å². The van der Waals surface area contributed by atoms with Crippen LogP contribution in [0.5, 0.6) is 11.5 Å². The molecule has 0 aliphatic rings. The molecule has 2 rings (SSSR count). The van der Waals surface area contributed by atoms with Crippen LogP contribution in [-0.4, -0.2) is 19.0 Å². The molecule has 0 radical (unpaired) electrons. The van der Waals surface area contributed by atoms with E-state index in [1.807, 2.05) is 42.5 Å². The van der Waals surface area contributed by atoms with Crippen LogP contribution >= 0.6 is 0 Å². The van der Waals surface area contributed by atoms with E-state index in [0.717, 1.165) is 17.1 Å². The molecule has 0 saturated carbocycles. The largest absolute Gasteiger partial charge is 0.497 e. The lowest BCUT2D eigenvalue weighted by atomic mass is 10.2. The van der Waals surface area contributed by atoms with Gasteiger partial charge in [0.15, 0.2) is 5.96 Å².